The number of aryl methyl sites for hydroxylation is 1. The number of anilines is 2. The van der Waals surface area contributed by atoms with E-state index in [-0.39, 0.29) is 30.8 Å². The van der Waals surface area contributed by atoms with Crippen molar-refractivity contribution in [1.29, 1.82) is 0 Å². The van der Waals surface area contributed by atoms with E-state index in [0.717, 1.165) is 11.1 Å². The first kappa shape index (κ1) is 22.1. The molecular formula is C22H28N4O3. The van der Waals surface area contributed by atoms with Gasteiger partial charge in [-0.2, -0.15) is 0 Å². The number of nitrogens with zero attached hydrogens (tertiary/aromatic N) is 1. The van der Waals surface area contributed by atoms with E-state index in [2.05, 4.69) is 16.0 Å². The molecule has 0 saturated heterocycles. The molecule has 3 amide bonds. The zero-order valence-corrected chi connectivity index (χ0v) is 17.1. The summed E-state index contributed by atoms with van der Waals surface area (Å²) in [5.74, 6) is -0.477. The van der Waals surface area contributed by atoms with Gasteiger partial charge in [-0.05, 0) is 48.9 Å². The smallest absolute Gasteiger partial charge is 0.238 e. The first-order valence-corrected chi connectivity index (χ1v) is 9.58. The van der Waals surface area contributed by atoms with E-state index in [1.54, 1.807) is 29.2 Å². The Balaban J connectivity index is 1.80. The third-order valence-corrected chi connectivity index (χ3v) is 4.41. The molecule has 2 aromatic rings. The van der Waals surface area contributed by atoms with Gasteiger partial charge < -0.3 is 16.0 Å². The molecule has 0 atom stereocenters. The third-order valence-electron chi connectivity index (χ3n) is 4.41. The molecular weight excluding hydrogens is 368 g/mol. The van der Waals surface area contributed by atoms with Gasteiger partial charge in [0.05, 0.1) is 13.1 Å². The summed E-state index contributed by atoms with van der Waals surface area (Å²) >= 11 is 0. The van der Waals surface area contributed by atoms with E-state index in [4.69, 9.17) is 0 Å². The lowest BCUT2D eigenvalue weighted by molar-refractivity contribution is -0.123. The highest BCUT2D eigenvalue weighted by atomic mass is 16.2. The maximum absolute atomic E-state index is 12.3. The maximum Gasteiger partial charge on any atom is 0.238 e. The van der Waals surface area contributed by atoms with Crippen LogP contribution in [0.1, 0.15) is 25.0 Å². The molecule has 2 aromatic carbocycles. The Kier molecular flexibility index (Phi) is 8.36. The highest BCUT2D eigenvalue weighted by Gasteiger charge is 2.13. The van der Waals surface area contributed by atoms with E-state index in [0.29, 0.717) is 24.5 Å². The van der Waals surface area contributed by atoms with Gasteiger partial charge >= 0.3 is 0 Å². The van der Waals surface area contributed by atoms with Crippen molar-refractivity contribution >= 4 is 29.1 Å². The molecule has 0 bridgehead atoms. The Bertz CT molecular complexity index is 849. The van der Waals surface area contributed by atoms with Crippen molar-refractivity contribution in [2.24, 2.45) is 0 Å². The second-order valence-electron chi connectivity index (χ2n) is 6.81. The molecule has 29 heavy (non-hydrogen) atoms. The molecule has 0 spiro atoms. The maximum atomic E-state index is 12.3. The molecule has 0 aliphatic heterocycles. The summed E-state index contributed by atoms with van der Waals surface area (Å²) in [5, 5.41) is 8.37. The van der Waals surface area contributed by atoms with E-state index < -0.39 is 0 Å². The minimum Gasteiger partial charge on any atom is -0.351 e. The molecule has 0 heterocycles. The molecule has 3 N–H and O–H groups in total. The largest absolute Gasteiger partial charge is 0.351 e. The van der Waals surface area contributed by atoms with Crippen molar-refractivity contribution in [3.8, 4) is 0 Å². The van der Waals surface area contributed by atoms with Crippen LogP contribution < -0.4 is 16.0 Å². The van der Waals surface area contributed by atoms with E-state index in [9.17, 15) is 14.4 Å². The topological polar surface area (TPSA) is 90.5 Å². The molecule has 0 unspecified atom stereocenters. The zero-order valence-electron chi connectivity index (χ0n) is 17.1. The average Bonchev–Trinajstić information content (AvgIpc) is 2.68. The fourth-order valence-corrected chi connectivity index (χ4v) is 2.78. The number of carbonyl (C=O) groups excluding carboxylic acids is 3. The minimum absolute atomic E-state index is 0.113. The lowest BCUT2D eigenvalue weighted by atomic mass is 10.1. The monoisotopic (exact) mass is 396 g/mol. The van der Waals surface area contributed by atoms with Gasteiger partial charge in [0.25, 0.3) is 0 Å². The molecule has 0 saturated carbocycles. The van der Waals surface area contributed by atoms with Crippen LogP contribution >= 0.6 is 0 Å². The molecule has 154 valence electrons. The number of hydrogen-bond donors (Lipinski definition) is 3. The van der Waals surface area contributed by atoms with Crippen LogP contribution in [0.15, 0.2) is 48.5 Å². The van der Waals surface area contributed by atoms with Crippen LogP contribution in [0.25, 0.3) is 0 Å². The predicted molar refractivity (Wildman–Crippen MR) is 115 cm³/mol. The van der Waals surface area contributed by atoms with Crippen LogP contribution in [-0.4, -0.2) is 42.3 Å². The fourth-order valence-electron chi connectivity index (χ4n) is 2.78. The first-order chi connectivity index (χ1) is 13.9. The molecule has 7 heteroatoms. The highest BCUT2D eigenvalue weighted by Crippen LogP contribution is 2.13. The van der Waals surface area contributed by atoms with Crippen molar-refractivity contribution in [2.75, 3.05) is 30.3 Å². The molecule has 0 radical (unpaired) electrons. The Morgan fingerprint density at radius 3 is 2.03 bits per heavy atom. The Hall–Kier alpha value is -3.19. The number of amides is 3. The zero-order chi connectivity index (χ0) is 21.2. The first-order valence-electron chi connectivity index (χ1n) is 9.58. The van der Waals surface area contributed by atoms with Crippen LogP contribution in [-0.2, 0) is 20.9 Å². The number of nitrogens with one attached hydrogen (secondary N) is 3. The van der Waals surface area contributed by atoms with Crippen molar-refractivity contribution in [1.82, 2.24) is 10.2 Å². The minimum atomic E-state index is -0.203. The van der Waals surface area contributed by atoms with Gasteiger partial charge in [0.2, 0.25) is 17.7 Å². The van der Waals surface area contributed by atoms with Crippen LogP contribution in [0.5, 0.6) is 0 Å². The summed E-state index contributed by atoms with van der Waals surface area (Å²) in [6.07, 6.45) is 0. The van der Waals surface area contributed by atoms with Crippen molar-refractivity contribution in [3.05, 3.63) is 59.7 Å². The Morgan fingerprint density at radius 1 is 0.862 bits per heavy atom. The molecule has 7 nitrogen and oxygen atoms in total. The standard InChI is InChI=1S/C22H28N4O3/c1-4-26(14-21(28)23-13-18-8-6-5-7-16(18)2)15-22(29)25-20-11-9-19(10-12-20)24-17(3)27/h5-12H,4,13-15H2,1-3H3,(H,23,28)(H,24,27)(H,25,29). The van der Waals surface area contributed by atoms with Crippen LogP contribution in [0.2, 0.25) is 0 Å². The van der Waals surface area contributed by atoms with Gasteiger partial charge in [-0.1, -0.05) is 31.2 Å². The molecule has 0 aromatic heterocycles. The van der Waals surface area contributed by atoms with E-state index in [1.165, 1.54) is 6.92 Å². The van der Waals surface area contributed by atoms with Gasteiger partial charge in [0.15, 0.2) is 0 Å². The van der Waals surface area contributed by atoms with Gasteiger partial charge in [0.1, 0.15) is 0 Å². The number of rotatable bonds is 9. The Labute approximate surface area is 171 Å². The lowest BCUT2D eigenvalue weighted by Gasteiger charge is -2.19. The number of likely N-dealkylation sites (N-methyl/N-ethyl adjacent to an activating group) is 1. The summed E-state index contributed by atoms with van der Waals surface area (Å²) in [7, 11) is 0. The van der Waals surface area contributed by atoms with Gasteiger partial charge in [-0.3, -0.25) is 19.3 Å². The lowest BCUT2D eigenvalue weighted by Crippen LogP contribution is -2.40. The normalized spacial score (nSPS) is 10.5. The molecule has 0 fully saturated rings. The van der Waals surface area contributed by atoms with Crippen molar-refractivity contribution in [2.45, 2.75) is 27.3 Å². The van der Waals surface area contributed by atoms with Gasteiger partial charge in [0, 0.05) is 24.8 Å². The molecule has 0 aliphatic rings. The molecule has 2 rings (SSSR count). The summed E-state index contributed by atoms with van der Waals surface area (Å²) < 4.78 is 0. The second kappa shape index (κ2) is 11.0. The number of carbonyl (C=O) groups is 3. The SMILES string of the molecule is CCN(CC(=O)NCc1ccccc1C)CC(=O)Nc1ccc(NC(C)=O)cc1. The second-order valence-corrected chi connectivity index (χ2v) is 6.81. The third kappa shape index (κ3) is 7.75. The van der Waals surface area contributed by atoms with Gasteiger partial charge in [-0.25, -0.2) is 0 Å². The van der Waals surface area contributed by atoms with Gasteiger partial charge in [-0.15, -0.1) is 0 Å². The van der Waals surface area contributed by atoms with Crippen LogP contribution in [0.3, 0.4) is 0 Å². The number of benzene rings is 2. The summed E-state index contributed by atoms with van der Waals surface area (Å²) in [5.41, 5.74) is 3.49. The van der Waals surface area contributed by atoms with Crippen molar-refractivity contribution in [3.63, 3.8) is 0 Å². The van der Waals surface area contributed by atoms with Crippen LogP contribution in [0, 0.1) is 6.92 Å². The molecule has 0 aliphatic carbocycles. The summed E-state index contributed by atoms with van der Waals surface area (Å²) in [6.45, 7) is 6.66. The summed E-state index contributed by atoms with van der Waals surface area (Å²) in [6, 6.07) is 14.8. The van der Waals surface area contributed by atoms with Crippen LogP contribution in [0.4, 0.5) is 11.4 Å². The Morgan fingerprint density at radius 2 is 1.45 bits per heavy atom. The average molecular weight is 396 g/mol. The predicted octanol–water partition coefficient (Wildman–Crippen LogP) is 2.53. The highest BCUT2D eigenvalue weighted by molar-refractivity contribution is 5.93. The number of hydrogen-bond acceptors (Lipinski definition) is 4. The van der Waals surface area contributed by atoms with E-state index >= 15 is 0 Å². The van der Waals surface area contributed by atoms with E-state index in [1.807, 2.05) is 38.1 Å². The summed E-state index contributed by atoms with van der Waals surface area (Å²) in [4.78, 5) is 37.4. The fraction of sp³-hybridized carbons (Fsp3) is 0.318. The van der Waals surface area contributed by atoms with Crippen molar-refractivity contribution < 1.29 is 14.4 Å². The quantitative estimate of drug-likeness (QED) is 0.608.